The van der Waals surface area contributed by atoms with Gasteiger partial charge < -0.3 is 4.74 Å². The molecule has 0 spiro atoms. The zero-order valence-electron chi connectivity index (χ0n) is 16.9. The summed E-state index contributed by atoms with van der Waals surface area (Å²) in [5.74, 6) is -0.521. The van der Waals surface area contributed by atoms with Crippen LogP contribution in [0, 0.1) is 5.82 Å². The fourth-order valence-electron chi connectivity index (χ4n) is 3.12. The topological polar surface area (TPSA) is 46.6 Å². The van der Waals surface area contributed by atoms with Crippen molar-refractivity contribution in [2.24, 2.45) is 0 Å². The van der Waals surface area contributed by atoms with Crippen LogP contribution in [0.15, 0.2) is 65.6 Å². The fourth-order valence-corrected chi connectivity index (χ4v) is 4.65. The Balaban J connectivity index is 1.48. The molecule has 0 unspecified atom stereocenters. The summed E-state index contributed by atoms with van der Waals surface area (Å²) in [6, 6.07) is 16.4. The van der Waals surface area contributed by atoms with Gasteiger partial charge in [-0.25, -0.2) is 4.39 Å². The van der Waals surface area contributed by atoms with Gasteiger partial charge in [-0.2, -0.15) is 0 Å². The first-order valence-electron chi connectivity index (χ1n) is 9.67. The number of nitrogens with zero attached hydrogens (tertiary/aromatic N) is 1. The van der Waals surface area contributed by atoms with E-state index >= 15 is 0 Å². The van der Waals surface area contributed by atoms with E-state index in [9.17, 15) is 14.0 Å². The largest absolute Gasteiger partial charge is 0.489 e. The normalized spacial score (nSPS) is 14.9. The van der Waals surface area contributed by atoms with Crippen molar-refractivity contribution in [2.75, 3.05) is 0 Å². The predicted molar refractivity (Wildman–Crippen MR) is 130 cm³/mol. The summed E-state index contributed by atoms with van der Waals surface area (Å²) in [6.45, 7) is -0.00210. The Morgan fingerprint density at radius 3 is 2.52 bits per heavy atom. The Morgan fingerprint density at radius 1 is 0.970 bits per heavy atom. The van der Waals surface area contributed by atoms with Crippen LogP contribution in [-0.2, 0) is 17.9 Å². The maximum absolute atomic E-state index is 14.1. The number of thioether (sulfide) groups is 1. The first-order chi connectivity index (χ1) is 15.8. The number of halogens is 4. The zero-order chi connectivity index (χ0) is 23.5. The van der Waals surface area contributed by atoms with Crippen molar-refractivity contribution < 1.29 is 18.7 Å². The summed E-state index contributed by atoms with van der Waals surface area (Å²) in [4.78, 5) is 26.4. The maximum Gasteiger partial charge on any atom is 0.293 e. The molecule has 33 heavy (non-hydrogen) atoms. The predicted octanol–water partition coefficient (Wildman–Crippen LogP) is 7.60. The lowest BCUT2D eigenvalue weighted by atomic mass is 10.1. The van der Waals surface area contributed by atoms with E-state index in [2.05, 4.69) is 0 Å². The van der Waals surface area contributed by atoms with E-state index < -0.39 is 17.0 Å². The number of amides is 2. The van der Waals surface area contributed by atoms with Crippen LogP contribution in [0.5, 0.6) is 5.75 Å². The van der Waals surface area contributed by atoms with Crippen LogP contribution in [-0.4, -0.2) is 16.0 Å². The number of ether oxygens (including phenoxy) is 1. The summed E-state index contributed by atoms with van der Waals surface area (Å²) >= 11 is 18.9. The lowest BCUT2D eigenvalue weighted by molar-refractivity contribution is -0.123. The minimum atomic E-state index is -0.573. The highest BCUT2D eigenvalue weighted by molar-refractivity contribution is 8.18. The van der Waals surface area contributed by atoms with Gasteiger partial charge in [0.2, 0.25) is 0 Å². The van der Waals surface area contributed by atoms with E-state index in [1.165, 1.54) is 18.2 Å². The van der Waals surface area contributed by atoms with Gasteiger partial charge in [-0.05, 0) is 59.8 Å². The van der Waals surface area contributed by atoms with Gasteiger partial charge in [0.25, 0.3) is 11.1 Å². The summed E-state index contributed by atoms with van der Waals surface area (Å²) < 4.78 is 19.9. The van der Waals surface area contributed by atoms with Gasteiger partial charge in [-0.3, -0.25) is 14.5 Å². The molecule has 0 aliphatic carbocycles. The van der Waals surface area contributed by atoms with Crippen molar-refractivity contribution in [3.63, 3.8) is 0 Å². The Kier molecular flexibility index (Phi) is 7.29. The molecular weight excluding hydrogens is 508 g/mol. The van der Waals surface area contributed by atoms with E-state index in [0.717, 1.165) is 22.2 Å². The number of carbonyl (C=O) groups is 2. The molecular formula is C24H15Cl3FNO3S. The van der Waals surface area contributed by atoms with Crippen LogP contribution in [0.25, 0.3) is 6.08 Å². The molecule has 3 aromatic rings. The molecule has 1 saturated heterocycles. The van der Waals surface area contributed by atoms with E-state index in [4.69, 9.17) is 39.5 Å². The molecule has 1 aliphatic heterocycles. The second-order valence-electron chi connectivity index (χ2n) is 7.06. The molecule has 2 amide bonds. The van der Waals surface area contributed by atoms with E-state index in [1.54, 1.807) is 48.5 Å². The smallest absolute Gasteiger partial charge is 0.293 e. The third kappa shape index (κ3) is 5.53. The molecule has 4 rings (SSSR count). The van der Waals surface area contributed by atoms with E-state index in [-0.39, 0.29) is 28.6 Å². The van der Waals surface area contributed by atoms with Gasteiger partial charge in [0.1, 0.15) is 18.2 Å². The molecule has 1 fully saturated rings. The van der Waals surface area contributed by atoms with Crippen LogP contribution in [0.1, 0.15) is 16.7 Å². The van der Waals surface area contributed by atoms with Gasteiger partial charge >= 0.3 is 0 Å². The SMILES string of the molecule is O=C1S/C(=C/c2cccc(OCc3ccc(Cl)cc3Cl)c2)C(=O)N1Cc1c(F)cccc1Cl. The maximum atomic E-state index is 14.1. The molecule has 0 N–H and O–H groups in total. The molecule has 168 valence electrons. The highest BCUT2D eigenvalue weighted by Gasteiger charge is 2.35. The molecule has 0 saturated carbocycles. The lowest BCUT2D eigenvalue weighted by Gasteiger charge is -2.14. The lowest BCUT2D eigenvalue weighted by Crippen LogP contribution is -2.28. The number of rotatable bonds is 6. The van der Waals surface area contributed by atoms with Crippen molar-refractivity contribution in [2.45, 2.75) is 13.2 Å². The van der Waals surface area contributed by atoms with Crippen LogP contribution >= 0.6 is 46.6 Å². The van der Waals surface area contributed by atoms with Crippen molar-refractivity contribution in [1.29, 1.82) is 0 Å². The number of hydrogen-bond donors (Lipinski definition) is 0. The Bertz CT molecular complexity index is 1260. The van der Waals surface area contributed by atoms with Crippen molar-refractivity contribution in [1.82, 2.24) is 4.90 Å². The van der Waals surface area contributed by atoms with Crippen molar-refractivity contribution >= 4 is 63.8 Å². The number of carbonyl (C=O) groups excluding carboxylic acids is 2. The average Bonchev–Trinajstić information content (AvgIpc) is 3.03. The second kappa shape index (κ2) is 10.2. The van der Waals surface area contributed by atoms with Gasteiger partial charge in [-0.1, -0.05) is 59.1 Å². The van der Waals surface area contributed by atoms with Crippen molar-refractivity contribution in [3.8, 4) is 5.75 Å². The monoisotopic (exact) mass is 521 g/mol. The molecule has 0 atom stereocenters. The molecule has 0 radical (unpaired) electrons. The fraction of sp³-hybridized carbons (Fsp3) is 0.0833. The second-order valence-corrected chi connectivity index (χ2v) is 9.31. The molecule has 4 nitrogen and oxygen atoms in total. The highest BCUT2D eigenvalue weighted by atomic mass is 35.5. The third-order valence-electron chi connectivity index (χ3n) is 4.82. The molecule has 1 heterocycles. The van der Waals surface area contributed by atoms with Gasteiger partial charge in [-0.15, -0.1) is 0 Å². The third-order valence-corrected chi connectivity index (χ3v) is 6.67. The van der Waals surface area contributed by atoms with E-state index in [0.29, 0.717) is 21.4 Å². The molecule has 3 aromatic carbocycles. The van der Waals surface area contributed by atoms with Gasteiger partial charge in [0.05, 0.1) is 11.4 Å². The first kappa shape index (κ1) is 23.6. The minimum absolute atomic E-state index is 0.0963. The minimum Gasteiger partial charge on any atom is -0.489 e. The summed E-state index contributed by atoms with van der Waals surface area (Å²) in [6.07, 6.45) is 1.59. The van der Waals surface area contributed by atoms with Crippen LogP contribution in [0.2, 0.25) is 15.1 Å². The zero-order valence-corrected chi connectivity index (χ0v) is 19.9. The Labute approximate surface area is 208 Å². The summed E-state index contributed by atoms with van der Waals surface area (Å²) in [7, 11) is 0. The van der Waals surface area contributed by atoms with Crippen LogP contribution < -0.4 is 4.74 Å². The van der Waals surface area contributed by atoms with Gasteiger partial charge in [0, 0.05) is 26.2 Å². The molecule has 0 bridgehead atoms. The molecule has 0 aromatic heterocycles. The van der Waals surface area contributed by atoms with Gasteiger partial charge in [0.15, 0.2) is 0 Å². The Morgan fingerprint density at radius 2 is 1.76 bits per heavy atom. The summed E-state index contributed by atoms with van der Waals surface area (Å²) in [5.41, 5.74) is 1.54. The average molecular weight is 523 g/mol. The first-order valence-corrected chi connectivity index (χ1v) is 11.6. The molecule has 1 aliphatic rings. The number of imide groups is 1. The highest BCUT2D eigenvalue weighted by Crippen LogP contribution is 2.35. The van der Waals surface area contributed by atoms with Crippen LogP contribution in [0.4, 0.5) is 9.18 Å². The quantitative estimate of drug-likeness (QED) is 0.313. The number of benzene rings is 3. The Hall–Kier alpha value is -2.51. The summed E-state index contributed by atoms with van der Waals surface area (Å²) in [5, 5.41) is 0.707. The standard InChI is InChI=1S/C24H15Cl3FNO3S/c25-16-8-7-15(20(27)11-16)13-32-17-4-1-3-14(9-17)10-22-23(30)29(24(31)33-22)12-18-19(26)5-2-6-21(18)28/h1-11H,12-13H2/b22-10+. The van der Waals surface area contributed by atoms with Crippen LogP contribution in [0.3, 0.4) is 0 Å². The number of hydrogen-bond acceptors (Lipinski definition) is 4. The van der Waals surface area contributed by atoms with E-state index in [1.807, 2.05) is 0 Å². The molecule has 9 heteroatoms. The van der Waals surface area contributed by atoms with Crippen molar-refractivity contribution in [3.05, 3.63) is 103 Å².